The molecule has 48 heavy (non-hydrogen) atoms. The Labute approximate surface area is 275 Å². The molecule has 18 heteroatoms. The van der Waals surface area contributed by atoms with Crippen LogP contribution < -0.4 is 4.72 Å². The second-order valence-corrected chi connectivity index (χ2v) is 14.2. The second-order valence-electron chi connectivity index (χ2n) is 12.5. The molecule has 1 aromatic heterocycles. The van der Waals surface area contributed by atoms with Crippen molar-refractivity contribution in [3.8, 4) is 16.9 Å². The minimum atomic E-state index is -4.72. The Balaban J connectivity index is 1.66. The maximum atomic E-state index is 13.5. The Bertz CT molecular complexity index is 1730. The van der Waals surface area contributed by atoms with Crippen molar-refractivity contribution in [1.82, 2.24) is 19.5 Å². The number of carbonyl (C=O) groups excluding carboxylic acids is 2. The molecule has 0 aliphatic rings. The molecule has 2 aromatic carbocycles. The topological polar surface area (TPSA) is 167 Å². The number of esters is 1. The van der Waals surface area contributed by atoms with E-state index in [0.717, 1.165) is 33.5 Å². The lowest BCUT2D eigenvalue weighted by Gasteiger charge is -2.30. The molecular formula is C30H37F3N6O8S. The summed E-state index contributed by atoms with van der Waals surface area (Å²) in [5, 5.41) is 20.6. The average Bonchev–Trinajstić information content (AvgIpc) is 3.43. The number of rotatable bonds is 11. The first kappa shape index (κ1) is 37.6. The number of hydrazine groups is 1. The van der Waals surface area contributed by atoms with Gasteiger partial charge in [0, 0.05) is 5.56 Å². The summed E-state index contributed by atoms with van der Waals surface area (Å²) in [6.07, 6.45) is -6.07. The molecule has 1 amide bonds. The van der Waals surface area contributed by atoms with E-state index in [1.807, 2.05) is 6.92 Å². The van der Waals surface area contributed by atoms with Gasteiger partial charge in [0.2, 0.25) is 5.28 Å². The Hall–Kier alpha value is -4.87. The number of halogens is 3. The summed E-state index contributed by atoms with van der Waals surface area (Å²) in [7, 11) is -4.47. The Morgan fingerprint density at radius 1 is 1.00 bits per heavy atom. The molecule has 0 atom stereocenters. The van der Waals surface area contributed by atoms with Crippen LogP contribution in [0.25, 0.3) is 16.9 Å². The third-order valence-electron chi connectivity index (χ3n) is 6.46. The van der Waals surface area contributed by atoms with E-state index in [1.165, 1.54) is 12.1 Å². The molecule has 0 fully saturated rings. The number of nitrogens with one attached hydrogen (secondary N) is 1. The smallest absolute Gasteiger partial charge is 0.435 e. The molecule has 1 N–H and O–H groups in total. The molecule has 0 spiro atoms. The van der Waals surface area contributed by atoms with Crippen LogP contribution in [-0.4, -0.2) is 65.7 Å². The van der Waals surface area contributed by atoms with Crippen molar-refractivity contribution < 1.29 is 50.5 Å². The van der Waals surface area contributed by atoms with Gasteiger partial charge in [0.25, 0.3) is 16.8 Å². The van der Waals surface area contributed by atoms with E-state index in [0.29, 0.717) is 5.56 Å². The van der Waals surface area contributed by atoms with Crippen molar-refractivity contribution in [3.05, 3.63) is 71.1 Å². The Kier molecular flexibility index (Phi) is 11.3. The zero-order valence-electron chi connectivity index (χ0n) is 27.4. The second kappa shape index (κ2) is 14.5. The number of hydrogen-bond donors (Lipinski definition) is 1. The highest BCUT2D eigenvalue weighted by Gasteiger charge is 2.35. The lowest BCUT2D eigenvalue weighted by Crippen LogP contribution is -2.48. The van der Waals surface area contributed by atoms with Gasteiger partial charge in [-0.2, -0.15) is 18.3 Å². The number of carbonyl (C=O) groups is 2. The van der Waals surface area contributed by atoms with Crippen LogP contribution in [0.2, 0.25) is 0 Å². The number of hydrogen-bond acceptors (Lipinski definition) is 10. The third-order valence-corrected chi connectivity index (χ3v) is 7.78. The average molecular weight is 699 g/mol. The van der Waals surface area contributed by atoms with Crippen molar-refractivity contribution in [2.45, 2.75) is 65.1 Å². The molecule has 0 radical (unpaired) electrons. The fraction of sp³-hybridized carbons (Fsp3) is 0.433. The van der Waals surface area contributed by atoms with Gasteiger partial charge in [-0.15, -0.1) is 5.01 Å². The molecule has 3 rings (SSSR count). The maximum Gasteiger partial charge on any atom is 0.435 e. The Morgan fingerprint density at radius 2 is 1.60 bits per heavy atom. The summed E-state index contributed by atoms with van der Waals surface area (Å²) in [6.45, 7) is 10.4. The van der Waals surface area contributed by atoms with Gasteiger partial charge in [-0.1, -0.05) is 29.8 Å². The first-order valence-corrected chi connectivity index (χ1v) is 15.9. The first-order valence-electron chi connectivity index (χ1n) is 14.4. The van der Waals surface area contributed by atoms with Crippen molar-refractivity contribution in [2.75, 3.05) is 19.9 Å². The van der Waals surface area contributed by atoms with Crippen LogP contribution in [-0.2, 0) is 35.3 Å². The summed E-state index contributed by atoms with van der Waals surface area (Å²) in [6, 6.07) is 12.3. The molecule has 3 aromatic rings. The maximum absolute atomic E-state index is 13.5. The minimum Gasteiger partial charge on any atom is -0.569 e. The fourth-order valence-corrected chi connectivity index (χ4v) is 4.82. The number of aryl methyl sites for hydroxylation is 1. The van der Waals surface area contributed by atoms with E-state index in [4.69, 9.17) is 14.3 Å². The van der Waals surface area contributed by atoms with Crippen LogP contribution >= 0.6 is 0 Å². The van der Waals surface area contributed by atoms with Crippen LogP contribution in [0.15, 0.2) is 64.8 Å². The fourth-order valence-electron chi connectivity index (χ4n) is 3.93. The van der Waals surface area contributed by atoms with Crippen LogP contribution in [0.3, 0.4) is 0 Å². The zero-order valence-corrected chi connectivity index (χ0v) is 28.2. The molecule has 0 saturated heterocycles. The molecule has 0 aliphatic heterocycles. The largest absolute Gasteiger partial charge is 0.569 e. The van der Waals surface area contributed by atoms with Gasteiger partial charge < -0.3 is 19.5 Å². The van der Waals surface area contributed by atoms with E-state index < -0.39 is 58.3 Å². The van der Waals surface area contributed by atoms with Gasteiger partial charge in [0.05, 0.1) is 32.2 Å². The quantitative estimate of drug-likeness (QED) is 0.0652. The van der Waals surface area contributed by atoms with Gasteiger partial charge in [0.1, 0.15) is 13.2 Å². The molecule has 0 saturated carbocycles. The molecule has 1 heterocycles. The summed E-state index contributed by atoms with van der Waals surface area (Å²) >= 11 is 0. The van der Waals surface area contributed by atoms with Gasteiger partial charge in [-0.3, -0.25) is 4.79 Å². The molecule has 0 bridgehead atoms. The van der Waals surface area contributed by atoms with Crippen LogP contribution in [0.4, 0.5) is 18.0 Å². The summed E-state index contributed by atoms with van der Waals surface area (Å²) in [4.78, 5) is 28.6. The number of ether oxygens (including phenoxy) is 2. The van der Waals surface area contributed by atoms with E-state index >= 15 is 0 Å². The zero-order chi connectivity index (χ0) is 36.1. The van der Waals surface area contributed by atoms with Gasteiger partial charge >= 0.3 is 18.2 Å². The highest BCUT2D eigenvalue weighted by molar-refractivity contribution is 7.90. The standard InChI is InChI=1S/C30H37F3N6O8S/c1-20-8-10-21(11-9-20)24-18-25(30(31,32)33)34-38(24)22-12-14-23(15-13-22)48(43,44)35-27(41)45-17-16-37(29(5,6)7)39(42)36-47-19-46-26(40)28(2,3)4/h8-15,18H,16-17,19H2,1-7H3,(H,35,41)/b39-36-. The predicted molar refractivity (Wildman–Crippen MR) is 164 cm³/mol. The minimum absolute atomic E-state index is 0.0754. The lowest BCUT2D eigenvalue weighted by atomic mass is 9.98. The van der Waals surface area contributed by atoms with E-state index in [2.05, 4.69) is 10.4 Å². The number of alkyl halides is 3. The first-order chi connectivity index (χ1) is 22.1. The number of benzene rings is 2. The van der Waals surface area contributed by atoms with Gasteiger partial charge in [0.15, 0.2) is 5.69 Å². The van der Waals surface area contributed by atoms with Crippen molar-refractivity contribution in [3.63, 3.8) is 0 Å². The highest BCUT2D eigenvalue weighted by Crippen LogP contribution is 2.33. The van der Waals surface area contributed by atoms with Crippen LogP contribution in [0.5, 0.6) is 0 Å². The molecule has 262 valence electrons. The monoisotopic (exact) mass is 698 g/mol. The van der Waals surface area contributed by atoms with Gasteiger partial charge in [-0.25, -0.2) is 22.6 Å². The Morgan fingerprint density at radius 3 is 2.15 bits per heavy atom. The normalized spacial score (nSPS) is 12.8. The van der Waals surface area contributed by atoms with Crippen molar-refractivity contribution in [1.29, 1.82) is 0 Å². The molecule has 14 nitrogen and oxygen atoms in total. The van der Waals surface area contributed by atoms with Crippen LogP contribution in [0.1, 0.15) is 52.8 Å². The third kappa shape index (κ3) is 10.1. The van der Waals surface area contributed by atoms with E-state index in [-0.39, 0.29) is 27.8 Å². The van der Waals surface area contributed by atoms with Crippen molar-refractivity contribution in [2.24, 2.45) is 10.7 Å². The highest BCUT2D eigenvalue weighted by atomic mass is 32.2. The summed E-state index contributed by atoms with van der Waals surface area (Å²) in [5.41, 5.74) is -1.16. The predicted octanol–water partition coefficient (Wildman–Crippen LogP) is 5.74. The summed E-state index contributed by atoms with van der Waals surface area (Å²) in [5.74, 6) is -0.571. The lowest BCUT2D eigenvalue weighted by molar-refractivity contribution is -0.726. The molecular weight excluding hydrogens is 661 g/mol. The van der Waals surface area contributed by atoms with Gasteiger partial charge in [-0.05, 0) is 78.8 Å². The number of nitrogens with zero attached hydrogens (tertiary/aromatic N) is 5. The number of amides is 1. The van der Waals surface area contributed by atoms with E-state index in [9.17, 15) is 36.4 Å². The summed E-state index contributed by atoms with van der Waals surface area (Å²) < 4.78 is 78.9. The van der Waals surface area contributed by atoms with Crippen LogP contribution in [0, 0.1) is 17.5 Å². The molecule has 0 unspecified atom stereocenters. The molecule has 0 aliphatic carbocycles. The number of sulfonamides is 1. The SMILES string of the molecule is Cc1ccc(-c2cc(C(F)(F)F)nn2-c2ccc(S(=O)(=O)NC(=O)OCCN(/[N+]([O-])=N/OCOC(=O)C(C)(C)C)C(C)(C)C)cc2)cc1. The number of aromatic nitrogens is 2. The van der Waals surface area contributed by atoms with Crippen molar-refractivity contribution >= 4 is 22.1 Å². The van der Waals surface area contributed by atoms with E-state index in [1.54, 1.807) is 70.5 Å².